The number of carboxylic acids is 1. The number of benzene rings is 4. The minimum Gasteiger partial charge on any atom is -0.508 e. The molecule has 4 aromatic carbocycles. The zero-order valence-corrected chi connectivity index (χ0v) is 27.7. The summed E-state index contributed by atoms with van der Waals surface area (Å²) in [4.78, 5) is 29.8. The summed E-state index contributed by atoms with van der Waals surface area (Å²) in [5, 5.41) is 22.5. The van der Waals surface area contributed by atoms with E-state index in [1.807, 2.05) is 84.9 Å². The van der Waals surface area contributed by atoms with E-state index in [4.69, 9.17) is 31.3 Å². The lowest BCUT2D eigenvalue weighted by molar-refractivity contribution is 0.0519. The molecule has 0 fully saturated rings. The van der Waals surface area contributed by atoms with E-state index in [-0.39, 0.29) is 18.3 Å². The van der Waals surface area contributed by atoms with Gasteiger partial charge >= 0.3 is 11.9 Å². The number of aromatic carboxylic acids is 1. The molecular formula is C36H31ClN2O6S2. The van der Waals surface area contributed by atoms with Crippen molar-refractivity contribution in [3.8, 4) is 33.8 Å². The van der Waals surface area contributed by atoms with Crippen LogP contribution in [-0.2, 0) is 17.2 Å². The standard InChI is InChI=1S/C17H13NO3S.C12H10O.C7H8ClNO2S/c19-17(20)15-11-22-16(18-15)10-21-14-8-6-13(7-9-14)12-4-2-1-3-5-12;13-12-8-6-11(7-9-12)10-4-2-1-3-5-10;1-2-11-7(10)5-4-12-6(3-8)9-5/h1-9,11H,10H2,(H,19,20);1-9,13H;4H,2-3H2,1H3. The van der Waals surface area contributed by atoms with Crippen molar-refractivity contribution in [1.29, 1.82) is 0 Å². The van der Waals surface area contributed by atoms with Crippen LogP contribution in [0.5, 0.6) is 11.5 Å². The van der Waals surface area contributed by atoms with Crippen LogP contribution in [-0.4, -0.2) is 38.7 Å². The molecule has 2 N–H and O–H groups in total. The van der Waals surface area contributed by atoms with E-state index < -0.39 is 5.97 Å². The quantitative estimate of drug-likeness (QED) is 0.114. The molecule has 0 aliphatic rings. The summed E-state index contributed by atoms with van der Waals surface area (Å²) in [7, 11) is 0. The van der Waals surface area contributed by atoms with Gasteiger partial charge in [0.25, 0.3) is 0 Å². The SMILES string of the molecule is CCOC(=O)c1csc(CCl)n1.O=C(O)c1csc(COc2ccc(-c3ccccc3)cc2)n1.Oc1ccc(-c2ccccc2)cc1. The number of carbonyl (C=O) groups is 2. The molecule has 0 aliphatic heterocycles. The van der Waals surface area contributed by atoms with Gasteiger partial charge in [0, 0.05) is 10.8 Å². The molecule has 0 saturated heterocycles. The Balaban J connectivity index is 0.000000171. The first-order valence-electron chi connectivity index (χ1n) is 14.3. The first kappa shape index (κ1) is 34.8. The molecule has 2 heterocycles. The molecule has 0 amide bonds. The molecule has 0 radical (unpaired) electrons. The fraction of sp³-hybridized carbons (Fsp3) is 0.111. The van der Waals surface area contributed by atoms with Crippen molar-refractivity contribution in [2.75, 3.05) is 6.61 Å². The number of esters is 1. The predicted molar refractivity (Wildman–Crippen MR) is 186 cm³/mol. The molecule has 240 valence electrons. The molecular weight excluding hydrogens is 656 g/mol. The average molecular weight is 687 g/mol. The second kappa shape index (κ2) is 18.2. The maximum atomic E-state index is 11.1. The first-order valence-corrected chi connectivity index (χ1v) is 16.6. The van der Waals surface area contributed by atoms with Crippen LogP contribution in [0, 0.1) is 0 Å². The van der Waals surface area contributed by atoms with Crippen molar-refractivity contribution >= 4 is 46.2 Å². The highest BCUT2D eigenvalue weighted by molar-refractivity contribution is 7.10. The van der Waals surface area contributed by atoms with Gasteiger partial charge in [-0.3, -0.25) is 0 Å². The van der Waals surface area contributed by atoms with Crippen LogP contribution in [0.4, 0.5) is 0 Å². The summed E-state index contributed by atoms with van der Waals surface area (Å²) in [6, 6.07) is 35.2. The minimum absolute atomic E-state index is 0.0584. The normalized spacial score (nSPS) is 10.1. The zero-order valence-electron chi connectivity index (χ0n) is 25.3. The molecule has 0 saturated carbocycles. The Morgan fingerprint density at radius 1 is 0.702 bits per heavy atom. The van der Waals surface area contributed by atoms with Crippen molar-refractivity contribution in [3.05, 3.63) is 141 Å². The lowest BCUT2D eigenvalue weighted by Crippen LogP contribution is -2.04. The molecule has 6 aromatic rings. The molecule has 2 aromatic heterocycles. The molecule has 47 heavy (non-hydrogen) atoms. The number of phenolic OH excluding ortho intramolecular Hbond substituents is 1. The number of alkyl halides is 1. The first-order chi connectivity index (χ1) is 22.9. The fourth-order valence-electron chi connectivity index (χ4n) is 3.95. The second-order valence-corrected chi connectivity index (χ2v) is 11.7. The Hall–Kier alpha value is -5.03. The van der Waals surface area contributed by atoms with E-state index in [1.165, 1.54) is 33.6 Å². The molecule has 0 aliphatic carbocycles. The molecule has 11 heteroatoms. The highest BCUT2D eigenvalue weighted by atomic mass is 35.5. The number of phenols is 1. The number of carbonyl (C=O) groups excluding carboxylic acids is 1. The lowest BCUT2D eigenvalue weighted by atomic mass is 10.1. The third-order valence-corrected chi connectivity index (χ3v) is 8.30. The fourth-order valence-corrected chi connectivity index (χ4v) is 5.49. The van der Waals surface area contributed by atoms with Gasteiger partial charge in [0.1, 0.15) is 28.1 Å². The van der Waals surface area contributed by atoms with Gasteiger partial charge in [-0.2, -0.15) is 0 Å². The number of hydrogen-bond acceptors (Lipinski definition) is 9. The summed E-state index contributed by atoms with van der Waals surface area (Å²) < 4.78 is 10.4. The topological polar surface area (TPSA) is 119 Å². The Kier molecular flexibility index (Phi) is 13.5. The van der Waals surface area contributed by atoms with Crippen molar-refractivity contribution in [3.63, 3.8) is 0 Å². The van der Waals surface area contributed by atoms with Gasteiger partial charge in [0.15, 0.2) is 11.4 Å². The highest BCUT2D eigenvalue weighted by Crippen LogP contribution is 2.23. The minimum atomic E-state index is -1.02. The smallest absolute Gasteiger partial charge is 0.357 e. The Bertz CT molecular complexity index is 1830. The third kappa shape index (κ3) is 11.1. The predicted octanol–water partition coefficient (Wildman–Crippen LogP) is 9.21. The van der Waals surface area contributed by atoms with Gasteiger partial charge in [0.2, 0.25) is 0 Å². The van der Waals surface area contributed by atoms with Gasteiger partial charge in [0.05, 0.1) is 12.5 Å². The Morgan fingerprint density at radius 2 is 1.19 bits per heavy atom. The van der Waals surface area contributed by atoms with Crippen LogP contribution >= 0.6 is 34.3 Å². The van der Waals surface area contributed by atoms with E-state index in [2.05, 4.69) is 22.1 Å². The molecule has 0 spiro atoms. The van der Waals surface area contributed by atoms with Crippen LogP contribution in [0.3, 0.4) is 0 Å². The zero-order chi connectivity index (χ0) is 33.4. The lowest BCUT2D eigenvalue weighted by Gasteiger charge is -2.06. The van der Waals surface area contributed by atoms with Crippen molar-refractivity contribution in [2.45, 2.75) is 19.4 Å². The van der Waals surface area contributed by atoms with Crippen LogP contribution in [0.15, 0.2) is 120 Å². The third-order valence-electron chi connectivity index (χ3n) is 6.22. The molecule has 6 rings (SSSR count). The van der Waals surface area contributed by atoms with E-state index in [0.717, 1.165) is 27.4 Å². The molecule has 0 bridgehead atoms. The number of nitrogens with zero attached hydrogens (tertiary/aromatic N) is 2. The number of rotatable bonds is 9. The van der Waals surface area contributed by atoms with E-state index in [9.17, 15) is 9.59 Å². The number of halogens is 1. The van der Waals surface area contributed by atoms with Crippen molar-refractivity contribution in [2.24, 2.45) is 0 Å². The van der Waals surface area contributed by atoms with Gasteiger partial charge < -0.3 is 19.7 Å². The van der Waals surface area contributed by atoms with Gasteiger partial charge in [-0.05, 0) is 53.4 Å². The van der Waals surface area contributed by atoms with Gasteiger partial charge in [-0.1, -0.05) is 84.9 Å². The van der Waals surface area contributed by atoms with Crippen LogP contribution in [0.1, 0.15) is 37.9 Å². The number of thiazole rings is 2. The van der Waals surface area contributed by atoms with E-state index in [1.54, 1.807) is 24.4 Å². The second-order valence-electron chi connectivity index (χ2n) is 9.50. The molecule has 0 atom stereocenters. The summed E-state index contributed by atoms with van der Waals surface area (Å²) >= 11 is 8.16. The largest absolute Gasteiger partial charge is 0.508 e. The maximum Gasteiger partial charge on any atom is 0.357 e. The Labute approximate surface area is 285 Å². The van der Waals surface area contributed by atoms with E-state index in [0.29, 0.717) is 28.9 Å². The number of ether oxygens (including phenoxy) is 2. The number of aromatic hydroxyl groups is 1. The summed E-state index contributed by atoms with van der Waals surface area (Å²) in [6.45, 7) is 2.39. The maximum absolute atomic E-state index is 11.1. The number of carboxylic acid groups (broad SMARTS) is 1. The monoisotopic (exact) mass is 686 g/mol. The Morgan fingerprint density at radius 3 is 1.68 bits per heavy atom. The molecule has 0 unspecified atom stereocenters. The van der Waals surface area contributed by atoms with E-state index >= 15 is 0 Å². The van der Waals surface area contributed by atoms with Crippen LogP contribution < -0.4 is 4.74 Å². The van der Waals surface area contributed by atoms with Crippen LogP contribution in [0.2, 0.25) is 0 Å². The summed E-state index contributed by atoms with van der Waals surface area (Å²) in [6.07, 6.45) is 0. The van der Waals surface area contributed by atoms with Gasteiger partial charge in [-0.25, -0.2) is 19.6 Å². The van der Waals surface area contributed by atoms with Crippen molar-refractivity contribution in [1.82, 2.24) is 9.97 Å². The number of hydrogen-bond donors (Lipinski definition) is 2. The highest BCUT2D eigenvalue weighted by Gasteiger charge is 2.11. The summed E-state index contributed by atoms with van der Waals surface area (Å²) in [5.74, 6) is -0.0318. The average Bonchev–Trinajstić information content (AvgIpc) is 3.80. The van der Waals surface area contributed by atoms with Crippen LogP contribution in [0.25, 0.3) is 22.3 Å². The summed E-state index contributed by atoms with van der Waals surface area (Å²) in [5.41, 5.74) is 4.97. The van der Waals surface area contributed by atoms with Gasteiger partial charge in [-0.15, -0.1) is 34.3 Å². The van der Waals surface area contributed by atoms with Crippen molar-refractivity contribution < 1.29 is 29.3 Å². The molecule has 8 nitrogen and oxygen atoms in total. The number of aromatic nitrogens is 2.